The van der Waals surface area contributed by atoms with Crippen molar-refractivity contribution >= 4 is 29.3 Å². The average molecular weight is 532 g/mol. The Morgan fingerprint density at radius 1 is 1.11 bits per heavy atom. The molecular weight excluding hydrogens is 494 g/mol. The fourth-order valence-corrected chi connectivity index (χ4v) is 4.57. The zero-order valence-corrected chi connectivity index (χ0v) is 23.0. The lowest BCUT2D eigenvalue weighted by Gasteiger charge is -2.29. The van der Waals surface area contributed by atoms with E-state index in [0.29, 0.717) is 42.6 Å². The average Bonchev–Trinajstić information content (AvgIpc) is 3.34. The van der Waals surface area contributed by atoms with Crippen LogP contribution in [-0.4, -0.2) is 88.4 Å². The number of amides is 3. The third-order valence-electron chi connectivity index (χ3n) is 6.83. The first-order valence-electron chi connectivity index (χ1n) is 12.9. The molecule has 1 aliphatic rings. The molecule has 37 heavy (non-hydrogen) atoms. The fraction of sp³-hybridized carbons (Fsp3) is 0.556. The Hall–Kier alpha value is -3.07. The van der Waals surface area contributed by atoms with Gasteiger partial charge in [-0.1, -0.05) is 18.5 Å². The van der Waals surface area contributed by atoms with Crippen LogP contribution in [0.2, 0.25) is 5.02 Å². The quantitative estimate of drug-likeness (QED) is 0.605. The van der Waals surface area contributed by atoms with Crippen molar-refractivity contribution in [3.05, 3.63) is 47.0 Å². The van der Waals surface area contributed by atoms with Crippen LogP contribution in [0.5, 0.6) is 5.75 Å². The van der Waals surface area contributed by atoms with Gasteiger partial charge in [-0.3, -0.25) is 14.4 Å². The fourth-order valence-electron chi connectivity index (χ4n) is 4.40. The number of hydrogen-bond donors (Lipinski definition) is 0. The molecule has 1 aromatic carbocycles. The number of nitrogens with zero attached hydrogens (tertiary/aromatic N) is 5. The van der Waals surface area contributed by atoms with Gasteiger partial charge in [-0.15, -0.1) is 0 Å². The Balaban J connectivity index is 1.76. The third kappa shape index (κ3) is 7.47. The minimum atomic E-state index is -0.652. The molecule has 0 aliphatic carbocycles. The monoisotopic (exact) mass is 531 g/mol. The second-order valence-electron chi connectivity index (χ2n) is 9.46. The SMILES string of the molecule is CCc1nccn1CC(=O)N1CCCCOc2ccc(Cl)cc2C(=O)N(C)[C@@H](C)C(=O)N(C)CCCC1. The first-order valence-corrected chi connectivity index (χ1v) is 13.3. The maximum atomic E-state index is 13.3. The summed E-state index contributed by atoms with van der Waals surface area (Å²) in [4.78, 5) is 48.8. The molecule has 3 rings (SSSR count). The summed E-state index contributed by atoms with van der Waals surface area (Å²) in [5.41, 5.74) is 0.325. The number of imidazole rings is 1. The highest BCUT2D eigenvalue weighted by Crippen LogP contribution is 2.25. The van der Waals surface area contributed by atoms with Crippen LogP contribution in [-0.2, 0) is 22.6 Å². The molecule has 2 aromatic rings. The molecule has 3 amide bonds. The number of likely N-dealkylation sites (N-methyl/N-ethyl adjacent to an activating group) is 2. The van der Waals surface area contributed by atoms with Gasteiger partial charge in [0.1, 0.15) is 24.2 Å². The Kier molecular flexibility index (Phi) is 10.4. The van der Waals surface area contributed by atoms with E-state index in [1.807, 2.05) is 22.6 Å². The van der Waals surface area contributed by atoms with Crippen LogP contribution in [0, 0.1) is 0 Å². The van der Waals surface area contributed by atoms with Crippen molar-refractivity contribution < 1.29 is 19.1 Å². The molecule has 0 N–H and O–H groups in total. The molecule has 1 aliphatic heterocycles. The Morgan fingerprint density at radius 3 is 2.54 bits per heavy atom. The summed E-state index contributed by atoms with van der Waals surface area (Å²) in [7, 11) is 3.36. The van der Waals surface area contributed by atoms with Crippen LogP contribution in [0.3, 0.4) is 0 Å². The number of aromatic nitrogens is 2. The number of fused-ring (bicyclic) bond motifs is 1. The number of ether oxygens (including phenoxy) is 1. The summed E-state index contributed by atoms with van der Waals surface area (Å²) in [6, 6.07) is 4.29. The van der Waals surface area contributed by atoms with Crippen LogP contribution in [0.25, 0.3) is 0 Å². The summed E-state index contributed by atoms with van der Waals surface area (Å²) >= 11 is 6.18. The van der Waals surface area contributed by atoms with E-state index in [1.165, 1.54) is 4.90 Å². The highest BCUT2D eigenvalue weighted by molar-refractivity contribution is 6.31. The predicted octanol–water partition coefficient (Wildman–Crippen LogP) is 3.50. The Morgan fingerprint density at radius 2 is 1.81 bits per heavy atom. The van der Waals surface area contributed by atoms with E-state index in [-0.39, 0.29) is 24.3 Å². The standard InChI is InChI=1S/C27H38ClN5O4/c1-5-24-29-12-16-33(24)19-25(34)32-14-7-6-13-30(3)26(35)20(2)31(4)27(36)22-18-21(28)10-11-23(22)37-17-9-8-15-32/h10-12,16,18,20H,5-9,13-15,17,19H2,1-4H3/t20-/m0/s1. The largest absolute Gasteiger partial charge is 0.493 e. The molecule has 10 heteroatoms. The van der Waals surface area contributed by atoms with Crippen molar-refractivity contribution in [2.24, 2.45) is 0 Å². The maximum Gasteiger partial charge on any atom is 0.258 e. The van der Waals surface area contributed by atoms with Gasteiger partial charge in [-0.05, 0) is 50.8 Å². The Bertz CT molecular complexity index is 1090. The van der Waals surface area contributed by atoms with E-state index in [1.54, 1.807) is 50.3 Å². The molecule has 0 radical (unpaired) electrons. The number of rotatable bonds is 3. The molecule has 0 fully saturated rings. The second-order valence-corrected chi connectivity index (χ2v) is 9.90. The summed E-state index contributed by atoms with van der Waals surface area (Å²) in [5, 5.41) is 0.421. The normalized spacial score (nSPS) is 18.8. The number of carbonyl (C=O) groups is 3. The van der Waals surface area contributed by atoms with Gasteiger partial charge >= 0.3 is 0 Å². The molecule has 0 spiro atoms. The molecule has 0 bridgehead atoms. The number of aryl methyl sites for hydroxylation is 1. The van der Waals surface area contributed by atoms with Crippen molar-refractivity contribution in [2.45, 2.75) is 58.5 Å². The molecule has 1 aromatic heterocycles. The van der Waals surface area contributed by atoms with Crippen LogP contribution in [0.4, 0.5) is 0 Å². The zero-order valence-electron chi connectivity index (χ0n) is 22.3. The minimum Gasteiger partial charge on any atom is -0.493 e. The molecule has 0 unspecified atom stereocenters. The van der Waals surface area contributed by atoms with Gasteiger partial charge in [-0.25, -0.2) is 4.98 Å². The van der Waals surface area contributed by atoms with E-state index in [2.05, 4.69) is 4.98 Å². The lowest BCUT2D eigenvalue weighted by atomic mass is 10.1. The predicted molar refractivity (Wildman–Crippen MR) is 143 cm³/mol. The maximum absolute atomic E-state index is 13.3. The van der Waals surface area contributed by atoms with E-state index in [4.69, 9.17) is 16.3 Å². The lowest BCUT2D eigenvalue weighted by molar-refractivity contribution is -0.134. The number of hydrogen-bond acceptors (Lipinski definition) is 5. The van der Waals surface area contributed by atoms with Gasteiger partial charge in [0.05, 0.1) is 12.2 Å². The van der Waals surface area contributed by atoms with Crippen molar-refractivity contribution in [3.63, 3.8) is 0 Å². The smallest absolute Gasteiger partial charge is 0.258 e. The van der Waals surface area contributed by atoms with E-state index < -0.39 is 6.04 Å². The van der Waals surface area contributed by atoms with Gasteiger partial charge in [0.25, 0.3) is 5.91 Å². The van der Waals surface area contributed by atoms with Crippen LogP contribution < -0.4 is 4.74 Å². The van der Waals surface area contributed by atoms with Gasteiger partial charge in [0.2, 0.25) is 11.8 Å². The zero-order chi connectivity index (χ0) is 26.9. The van der Waals surface area contributed by atoms with Crippen LogP contribution in [0.1, 0.15) is 55.7 Å². The van der Waals surface area contributed by atoms with Crippen molar-refractivity contribution in [1.82, 2.24) is 24.3 Å². The lowest BCUT2D eigenvalue weighted by Crippen LogP contribution is -2.47. The van der Waals surface area contributed by atoms with Gasteiger partial charge in [0.15, 0.2) is 0 Å². The van der Waals surface area contributed by atoms with Gasteiger partial charge in [0, 0.05) is 57.6 Å². The molecule has 1 atom stereocenters. The van der Waals surface area contributed by atoms with Crippen molar-refractivity contribution in [3.8, 4) is 5.75 Å². The third-order valence-corrected chi connectivity index (χ3v) is 7.07. The topological polar surface area (TPSA) is 88.0 Å². The van der Waals surface area contributed by atoms with Gasteiger partial charge < -0.3 is 24.0 Å². The summed E-state index contributed by atoms with van der Waals surface area (Å²) in [6.45, 7) is 6.17. The van der Waals surface area contributed by atoms with E-state index in [9.17, 15) is 14.4 Å². The molecular formula is C27H38ClN5O4. The molecule has 9 nitrogen and oxygen atoms in total. The van der Waals surface area contributed by atoms with Crippen molar-refractivity contribution in [2.75, 3.05) is 40.3 Å². The molecule has 202 valence electrons. The van der Waals surface area contributed by atoms with Gasteiger partial charge in [-0.2, -0.15) is 0 Å². The first-order chi connectivity index (χ1) is 17.7. The minimum absolute atomic E-state index is 0.0526. The van der Waals surface area contributed by atoms with Crippen LogP contribution >= 0.6 is 11.6 Å². The summed E-state index contributed by atoms with van der Waals surface area (Å²) < 4.78 is 7.86. The van der Waals surface area contributed by atoms with E-state index >= 15 is 0 Å². The second kappa shape index (κ2) is 13.5. The molecule has 0 saturated carbocycles. The molecule has 0 saturated heterocycles. The van der Waals surface area contributed by atoms with E-state index in [0.717, 1.165) is 37.9 Å². The number of benzene rings is 1. The van der Waals surface area contributed by atoms with Crippen LogP contribution in [0.15, 0.2) is 30.6 Å². The molecule has 2 heterocycles. The van der Waals surface area contributed by atoms with Crippen molar-refractivity contribution in [1.29, 1.82) is 0 Å². The highest BCUT2D eigenvalue weighted by Gasteiger charge is 2.28. The summed E-state index contributed by atoms with van der Waals surface area (Å²) in [5.74, 6) is 0.902. The summed E-state index contributed by atoms with van der Waals surface area (Å²) in [6.07, 6.45) is 7.35. The highest BCUT2D eigenvalue weighted by atomic mass is 35.5. The Labute approximate surface area is 224 Å². The number of halogens is 1. The first kappa shape index (κ1) is 28.5. The number of carbonyl (C=O) groups excluding carboxylic acids is 3.